The highest BCUT2D eigenvalue weighted by Gasteiger charge is 2.39. The average molecular weight is 152 g/mol. The molecular formula is C9H12O2. The first kappa shape index (κ1) is 6.92. The van der Waals surface area contributed by atoms with Gasteiger partial charge in [0.1, 0.15) is 0 Å². The summed E-state index contributed by atoms with van der Waals surface area (Å²) in [5.74, 6) is 0. The molecule has 0 aromatic carbocycles. The maximum Gasteiger partial charge on any atom is 0.0934 e. The molecule has 0 saturated heterocycles. The van der Waals surface area contributed by atoms with E-state index in [9.17, 15) is 5.11 Å². The molecular weight excluding hydrogens is 140 g/mol. The summed E-state index contributed by atoms with van der Waals surface area (Å²) in [6, 6.07) is 1.95. The Morgan fingerprint density at radius 1 is 1.55 bits per heavy atom. The Bertz CT molecular complexity index is 222. The van der Waals surface area contributed by atoms with Crippen LogP contribution in [0.3, 0.4) is 0 Å². The minimum Gasteiger partial charge on any atom is -0.472 e. The van der Waals surface area contributed by atoms with Crippen LogP contribution in [0.4, 0.5) is 0 Å². The fourth-order valence-corrected chi connectivity index (χ4v) is 1.21. The normalized spacial score (nSPS) is 20.1. The van der Waals surface area contributed by atoms with Crippen molar-refractivity contribution in [1.82, 2.24) is 0 Å². The second kappa shape index (κ2) is 2.38. The van der Waals surface area contributed by atoms with Crippen molar-refractivity contribution >= 4 is 0 Å². The lowest BCUT2D eigenvalue weighted by atomic mass is 10.1. The second-order valence-corrected chi connectivity index (χ2v) is 3.36. The van der Waals surface area contributed by atoms with E-state index >= 15 is 0 Å². The molecule has 0 aliphatic heterocycles. The Balaban J connectivity index is 1.83. The van der Waals surface area contributed by atoms with E-state index in [-0.39, 0.29) is 5.60 Å². The molecule has 0 amide bonds. The highest BCUT2D eigenvalue weighted by Crippen LogP contribution is 2.39. The molecule has 1 saturated carbocycles. The van der Waals surface area contributed by atoms with Gasteiger partial charge < -0.3 is 9.52 Å². The van der Waals surface area contributed by atoms with E-state index in [4.69, 9.17) is 4.42 Å². The largest absolute Gasteiger partial charge is 0.472 e. The minimum absolute atomic E-state index is 0.322. The Hall–Kier alpha value is -0.760. The van der Waals surface area contributed by atoms with Gasteiger partial charge in [-0.25, -0.2) is 0 Å². The van der Waals surface area contributed by atoms with Crippen LogP contribution >= 0.6 is 0 Å². The summed E-state index contributed by atoms with van der Waals surface area (Å²) in [4.78, 5) is 0. The van der Waals surface area contributed by atoms with Crippen LogP contribution in [-0.4, -0.2) is 10.7 Å². The third-order valence-corrected chi connectivity index (χ3v) is 2.29. The first-order chi connectivity index (χ1) is 5.29. The number of rotatable bonds is 3. The highest BCUT2D eigenvalue weighted by molar-refractivity contribution is 5.07. The first-order valence-corrected chi connectivity index (χ1v) is 4.02. The summed E-state index contributed by atoms with van der Waals surface area (Å²) in [5, 5.41) is 9.50. The summed E-state index contributed by atoms with van der Waals surface area (Å²) < 4.78 is 4.92. The van der Waals surface area contributed by atoms with Crippen molar-refractivity contribution in [2.24, 2.45) is 0 Å². The summed E-state index contributed by atoms with van der Waals surface area (Å²) in [6.45, 7) is 0. The first-order valence-electron chi connectivity index (χ1n) is 4.02. The maximum absolute atomic E-state index is 9.50. The van der Waals surface area contributed by atoms with Crippen molar-refractivity contribution in [3.8, 4) is 0 Å². The van der Waals surface area contributed by atoms with Gasteiger partial charge in [-0.3, -0.25) is 0 Å². The van der Waals surface area contributed by atoms with Gasteiger partial charge in [0, 0.05) is 0 Å². The third-order valence-electron chi connectivity index (χ3n) is 2.29. The Morgan fingerprint density at radius 2 is 2.36 bits per heavy atom. The monoisotopic (exact) mass is 152 g/mol. The van der Waals surface area contributed by atoms with Gasteiger partial charge in [-0.2, -0.15) is 0 Å². The Morgan fingerprint density at radius 3 is 2.91 bits per heavy atom. The molecule has 1 fully saturated rings. The topological polar surface area (TPSA) is 33.4 Å². The number of aliphatic hydroxyl groups is 1. The number of furan rings is 1. The van der Waals surface area contributed by atoms with Crippen molar-refractivity contribution in [2.45, 2.75) is 31.3 Å². The van der Waals surface area contributed by atoms with E-state index < -0.39 is 0 Å². The zero-order chi connectivity index (χ0) is 7.73. The molecule has 0 unspecified atom stereocenters. The van der Waals surface area contributed by atoms with Crippen molar-refractivity contribution in [3.63, 3.8) is 0 Å². The van der Waals surface area contributed by atoms with Crippen LogP contribution in [0, 0.1) is 0 Å². The molecule has 1 heterocycles. The van der Waals surface area contributed by atoms with Gasteiger partial charge in [-0.05, 0) is 37.3 Å². The van der Waals surface area contributed by atoms with Crippen LogP contribution in [0.25, 0.3) is 0 Å². The standard InChI is InChI=1S/C9H12O2/c10-9(4-5-9)3-1-8-2-6-11-7-8/h2,6-7,10H,1,3-5H2. The second-order valence-electron chi connectivity index (χ2n) is 3.36. The van der Waals surface area contributed by atoms with E-state index in [2.05, 4.69) is 0 Å². The Kier molecular flexibility index (Phi) is 1.50. The molecule has 1 aromatic rings. The molecule has 0 bridgehead atoms. The molecule has 0 atom stereocenters. The summed E-state index contributed by atoms with van der Waals surface area (Å²) in [5.41, 5.74) is 0.863. The van der Waals surface area contributed by atoms with E-state index in [0.29, 0.717) is 0 Å². The molecule has 1 aliphatic carbocycles. The predicted octanol–water partition coefficient (Wildman–Crippen LogP) is 1.74. The van der Waals surface area contributed by atoms with Crippen LogP contribution in [-0.2, 0) is 6.42 Å². The molecule has 1 aliphatic rings. The van der Waals surface area contributed by atoms with E-state index in [1.165, 1.54) is 5.56 Å². The molecule has 2 rings (SSSR count). The van der Waals surface area contributed by atoms with Crippen LogP contribution < -0.4 is 0 Å². The third kappa shape index (κ3) is 1.63. The molecule has 60 valence electrons. The van der Waals surface area contributed by atoms with Gasteiger partial charge in [0.05, 0.1) is 18.1 Å². The smallest absolute Gasteiger partial charge is 0.0934 e. The zero-order valence-electron chi connectivity index (χ0n) is 6.42. The van der Waals surface area contributed by atoms with Crippen LogP contribution in [0.2, 0.25) is 0 Å². The van der Waals surface area contributed by atoms with Crippen molar-refractivity contribution in [2.75, 3.05) is 0 Å². The van der Waals surface area contributed by atoms with Crippen molar-refractivity contribution in [3.05, 3.63) is 24.2 Å². The fraction of sp³-hybridized carbons (Fsp3) is 0.556. The number of hydrogen-bond donors (Lipinski definition) is 1. The van der Waals surface area contributed by atoms with Gasteiger partial charge in [-0.1, -0.05) is 0 Å². The van der Waals surface area contributed by atoms with Gasteiger partial charge >= 0.3 is 0 Å². The van der Waals surface area contributed by atoms with E-state index in [1.54, 1.807) is 12.5 Å². The van der Waals surface area contributed by atoms with Crippen LogP contribution in [0.5, 0.6) is 0 Å². The SMILES string of the molecule is OC1(CCc2ccoc2)CC1. The van der Waals surface area contributed by atoms with E-state index in [1.807, 2.05) is 6.07 Å². The lowest BCUT2D eigenvalue weighted by Crippen LogP contribution is -2.07. The summed E-state index contributed by atoms with van der Waals surface area (Å²) in [7, 11) is 0. The van der Waals surface area contributed by atoms with Gasteiger partial charge in [-0.15, -0.1) is 0 Å². The maximum atomic E-state index is 9.50. The van der Waals surface area contributed by atoms with Gasteiger partial charge in [0.2, 0.25) is 0 Å². The number of hydrogen-bond acceptors (Lipinski definition) is 2. The quantitative estimate of drug-likeness (QED) is 0.715. The van der Waals surface area contributed by atoms with Gasteiger partial charge in [0.25, 0.3) is 0 Å². The van der Waals surface area contributed by atoms with Crippen molar-refractivity contribution < 1.29 is 9.52 Å². The highest BCUT2D eigenvalue weighted by atomic mass is 16.3. The zero-order valence-corrected chi connectivity index (χ0v) is 6.42. The molecule has 1 N–H and O–H groups in total. The molecule has 0 spiro atoms. The summed E-state index contributed by atoms with van der Waals surface area (Å²) in [6.07, 6.45) is 7.19. The van der Waals surface area contributed by atoms with Crippen molar-refractivity contribution in [1.29, 1.82) is 0 Å². The van der Waals surface area contributed by atoms with Crippen LogP contribution in [0.1, 0.15) is 24.8 Å². The molecule has 1 aromatic heterocycles. The lowest BCUT2D eigenvalue weighted by molar-refractivity contribution is 0.140. The summed E-state index contributed by atoms with van der Waals surface area (Å²) >= 11 is 0. The molecule has 0 radical (unpaired) electrons. The van der Waals surface area contributed by atoms with E-state index in [0.717, 1.165) is 25.7 Å². The lowest BCUT2D eigenvalue weighted by Gasteiger charge is -2.03. The fourth-order valence-electron chi connectivity index (χ4n) is 1.21. The van der Waals surface area contributed by atoms with Crippen LogP contribution in [0.15, 0.2) is 23.0 Å². The number of aryl methyl sites for hydroxylation is 1. The Labute approximate surface area is 65.8 Å². The minimum atomic E-state index is -0.322. The average Bonchev–Trinajstić information content (AvgIpc) is 2.53. The predicted molar refractivity (Wildman–Crippen MR) is 41.2 cm³/mol. The van der Waals surface area contributed by atoms with Gasteiger partial charge in [0.15, 0.2) is 0 Å². The molecule has 2 heteroatoms. The molecule has 11 heavy (non-hydrogen) atoms. The molecule has 2 nitrogen and oxygen atoms in total.